The molecule has 1 aromatic heterocycles. The summed E-state index contributed by atoms with van der Waals surface area (Å²) in [6.45, 7) is 2.00. The van der Waals surface area contributed by atoms with Crippen molar-refractivity contribution in [1.29, 1.82) is 0 Å². The van der Waals surface area contributed by atoms with Crippen molar-refractivity contribution in [3.05, 3.63) is 59.6 Å². The predicted molar refractivity (Wildman–Crippen MR) is 60.3 cm³/mol. The second-order valence-electron chi connectivity index (χ2n) is 3.82. The Morgan fingerprint density at radius 2 is 1.88 bits per heavy atom. The van der Waals surface area contributed by atoms with Crippen LogP contribution in [0.2, 0.25) is 0 Å². The van der Waals surface area contributed by atoms with E-state index in [1.54, 1.807) is 12.3 Å². The van der Waals surface area contributed by atoms with Crippen molar-refractivity contribution in [3.63, 3.8) is 0 Å². The summed E-state index contributed by atoms with van der Waals surface area (Å²) in [7, 11) is 0. The fourth-order valence-corrected chi connectivity index (χ4v) is 1.59. The summed E-state index contributed by atoms with van der Waals surface area (Å²) in [6.07, 6.45) is 1.57. The molecule has 90 valence electrons. The minimum Gasteiger partial charge on any atom is -0.468 e. The third kappa shape index (κ3) is 2.71. The highest BCUT2D eigenvalue weighted by atomic mass is 19.1. The van der Waals surface area contributed by atoms with Gasteiger partial charge < -0.3 is 9.73 Å². The molecule has 0 aliphatic rings. The second kappa shape index (κ2) is 5.10. The maximum atomic E-state index is 13.3. The summed E-state index contributed by atoms with van der Waals surface area (Å²) in [4.78, 5) is 0. The Hall–Kier alpha value is -1.68. The van der Waals surface area contributed by atoms with E-state index in [0.29, 0.717) is 0 Å². The lowest BCUT2D eigenvalue weighted by Crippen LogP contribution is -2.19. The first-order valence-corrected chi connectivity index (χ1v) is 5.38. The van der Waals surface area contributed by atoms with E-state index >= 15 is 0 Å². The van der Waals surface area contributed by atoms with Gasteiger partial charge in [-0.15, -0.1) is 0 Å². The molecule has 0 aliphatic heterocycles. The average molecular weight is 237 g/mol. The van der Waals surface area contributed by atoms with E-state index in [2.05, 4.69) is 5.32 Å². The molecule has 0 amide bonds. The van der Waals surface area contributed by atoms with Gasteiger partial charge in [0.25, 0.3) is 0 Å². The van der Waals surface area contributed by atoms with Gasteiger partial charge in [-0.1, -0.05) is 6.07 Å². The van der Waals surface area contributed by atoms with Gasteiger partial charge in [0.1, 0.15) is 17.4 Å². The molecule has 0 spiro atoms. The van der Waals surface area contributed by atoms with Gasteiger partial charge >= 0.3 is 0 Å². The molecule has 1 aromatic carbocycles. The van der Waals surface area contributed by atoms with Crippen molar-refractivity contribution in [2.24, 2.45) is 0 Å². The lowest BCUT2D eigenvalue weighted by Gasteiger charge is -2.12. The van der Waals surface area contributed by atoms with Crippen LogP contribution in [0.25, 0.3) is 0 Å². The van der Waals surface area contributed by atoms with Crippen LogP contribution in [0.4, 0.5) is 8.78 Å². The fourth-order valence-electron chi connectivity index (χ4n) is 1.59. The van der Waals surface area contributed by atoms with Crippen LogP contribution in [0, 0.1) is 11.6 Å². The molecule has 1 N–H and O–H groups in total. The summed E-state index contributed by atoms with van der Waals surface area (Å²) in [6, 6.07) is 7.34. The normalized spacial score (nSPS) is 12.6. The number of hydrogen-bond donors (Lipinski definition) is 1. The molecule has 0 aliphatic carbocycles. The van der Waals surface area contributed by atoms with E-state index < -0.39 is 11.6 Å². The number of furan rings is 1. The molecule has 0 saturated heterocycles. The third-order valence-electron chi connectivity index (χ3n) is 2.62. The summed E-state index contributed by atoms with van der Waals surface area (Å²) in [5.74, 6) is -0.338. The van der Waals surface area contributed by atoms with E-state index in [1.807, 2.05) is 13.0 Å². The van der Waals surface area contributed by atoms with E-state index in [9.17, 15) is 8.78 Å². The molecule has 0 unspecified atom stereocenters. The van der Waals surface area contributed by atoms with Crippen LogP contribution < -0.4 is 5.32 Å². The zero-order chi connectivity index (χ0) is 12.3. The Morgan fingerprint density at radius 1 is 1.18 bits per heavy atom. The van der Waals surface area contributed by atoms with E-state index in [0.717, 1.165) is 5.76 Å². The van der Waals surface area contributed by atoms with Crippen molar-refractivity contribution in [3.8, 4) is 0 Å². The molecule has 1 heterocycles. The van der Waals surface area contributed by atoms with Gasteiger partial charge in [0.15, 0.2) is 0 Å². The largest absolute Gasteiger partial charge is 0.468 e. The molecule has 0 radical (unpaired) electrons. The first kappa shape index (κ1) is 11.8. The summed E-state index contributed by atoms with van der Waals surface area (Å²) >= 11 is 0. The molecule has 0 bridgehead atoms. The van der Waals surface area contributed by atoms with Crippen LogP contribution in [0.5, 0.6) is 0 Å². The zero-order valence-electron chi connectivity index (χ0n) is 9.41. The lowest BCUT2D eigenvalue weighted by atomic mass is 10.1. The summed E-state index contributed by atoms with van der Waals surface area (Å²) < 4.78 is 31.9. The van der Waals surface area contributed by atoms with E-state index in [1.165, 1.54) is 18.2 Å². The smallest absolute Gasteiger partial charge is 0.130 e. The van der Waals surface area contributed by atoms with Gasteiger partial charge in [-0.2, -0.15) is 0 Å². The van der Waals surface area contributed by atoms with E-state index in [4.69, 9.17) is 4.42 Å². The van der Waals surface area contributed by atoms with Crippen LogP contribution in [0.15, 0.2) is 41.0 Å². The Bertz CT molecular complexity index is 462. The fraction of sp³-hybridized carbons (Fsp3) is 0.231. The van der Waals surface area contributed by atoms with Crippen LogP contribution >= 0.6 is 0 Å². The topological polar surface area (TPSA) is 25.2 Å². The van der Waals surface area contributed by atoms with Crippen molar-refractivity contribution in [2.45, 2.75) is 19.5 Å². The quantitative estimate of drug-likeness (QED) is 0.881. The Morgan fingerprint density at radius 3 is 2.47 bits per heavy atom. The van der Waals surface area contributed by atoms with Crippen LogP contribution in [0.1, 0.15) is 24.3 Å². The highest BCUT2D eigenvalue weighted by molar-refractivity contribution is 5.19. The minimum absolute atomic E-state index is 0.0471. The highest BCUT2D eigenvalue weighted by Gasteiger charge is 2.11. The first-order valence-electron chi connectivity index (χ1n) is 5.38. The molecule has 17 heavy (non-hydrogen) atoms. The van der Waals surface area contributed by atoms with Gasteiger partial charge in [0.2, 0.25) is 0 Å². The molecule has 2 rings (SSSR count). The van der Waals surface area contributed by atoms with Crippen LogP contribution in [-0.2, 0) is 6.54 Å². The molecule has 1 atom stereocenters. The van der Waals surface area contributed by atoms with Gasteiger partial charge in [-0.05, 0) is 31.2 Å². The highest BCUT2D eigenvalue weighted by Crippen LogP contribution is 2.16. The number of halogens is 2. The van der Waals surface area contributed by atoms with Gasteiger partial charge in [0.05, 0.1) is 12.3 Å². The maximum absolute atomic E-state index is 13.3. The molecule has 2 nitrogen and oxygen atoms in total. The molecular formula is C13H13F2NO. The molecule has 4 heteroatoms. The zero-order valence-corrected chi connectivity index (χ0v) is 9.41. The summed E-state index contributed by atoms with van der Waals surface area (Å²) in [5, 5.41) is 3.01. The molecule has 0 fully saturated rings. The van der Waals surface area contributed by atoms with Crippen molar-refractivity contribution in [2.75, 3.05) is 0 Å². The molecule has 0 saturated carbocycles. The maximum Gasteiger partial charge on any atom is 0.130 e. The first-order chi connectivity index (χ1) is 8.18. The second-order valence-corrected chi connectivity index (χ2v) is 3.82. The molecular weight excluding hydrogens is 224 g/mol. The Kier molecular flexibility index (Phi) is 3.54. The van der Waals surface area contributed by atoms with Crippen molar-refractivity contribution < 1.29 is 13.2 Å². The summed E-state index contributed by atoms with van der Waals surface area (Å²) in [5.41, 5.74) is 0.0471. The van der Waals surface area contributed by atoms with Gasteiger partial charge in [0, 0.05) is 12.1 Å². The number of benzene rings is 1. The van der Waals surface area contributed by atoms with Crippen LogP contribution in [-0.4, -0.2) is 0 Å². The number of hydrogen-bond acceptors (Lipinski definition) is 2. The minimum atomic E-state index is -0.538. The monoisotopic (exact) mass is 237 g/mol. The lowest BCUT2D eigenvalue weighted by molar-refractivity contribution is 0.422. The molecule has 2 aromatic rings. The van der Waals surface area contributed by atoms with E-state index in [-0.39, 0.29) is 18.2 Å². The number of rotatable bonds is 4. The predicted octanol–water partition coefficient (Wildman–Crippen LogP) is 3.41. The Labute approximate surface area is 98.3 Å². The third-order valence-corrected chi connectivity index (χ3v) is 2.62. The van der Waals surface area contributed by atoms with Gasteiger partial charge in [-0.3, -0.25) is 0 Å². The number of nitrogens with one attached hydrogen (secondary N) is 1. The van der Waals surface area contributed by atoms with Gasteiger partial charge in [-0.25, -0.2) is 8.78 Å². The average Bonchev–Trinajstić information content (AvgIpc) is 2.81. The van der Waals surface area contributed by atoms with Crippen molar-refractivity contribution >= 4 is 0 Å². The Balaban J connectivity index is 2.03. The van der Waals surface area contributed by atoms with Crippen molar-refractivity contribution in [1.82, 2.24) is 5.32 Å². The van der Waals surface area contributed by atoms with Crippen LogP contribution in [0.3, 0.4) is 0 Å². The SMILES string of the molecule is C[C@H](NCc1c(F)cccc1F)c1ccco1. The standard InChI is InChI=1S/C13H13F2NO/c1-9(13-6-3-7-17-13)16-8-10-11(14)4-2-5-12(10)15/h2-7,9,16H,8H2,1H3/t9-/m0/s1.